The molecule has 1 unspecified atom stereocenters. The van der Waals surface area contributed by atoms with Gasteiger partial charge >= 0.3 is 6.18 Å². The average Bonchev–Trinajstić information content (AvgIpc) is 3.26. The third-order valence-electron chi connectivity index (χ3n) is 5.71. The topological polar surface area (TPSA) is 97.8 Å². The number of aliphatic hydroxyl groups excluding tert-OH is 1. The molecule has 0 radical (unpaired) electrons. The van der Waals surface area contributed by atoms with Crippen LogP contribution in [-0.4, -0.2) is 58.7 Å². The van der Waals surface area contributed by atoms with Gasteiger partial charge in [-0.2, -0.15) is 17.9 Å². The summed E-state index contributed by atoms with van der Waals surface area (Å²) in [6, 6.07) is 9.48. The molecule has 1 aromatic carbocycles. The first-order valence-electron chi connectivity index (χ1n) is 10.3. The number of alkyl halides is 3. The molecule has 1 saturated heterocycles. The van der Waals surface area contributed by atoms with Gasteiger partial charge in [0.25, 0.3) is 0 Å². The number of rotatable bonds is 4. The van der Waals surface area contributed by atoms with E-state index in [2.05, 4.69) is 24.6 Å². The van der Waals surface area contributed by atoms with Crippen LogP contribution in [0.2, 0.25) is 0 Å². The Morgan fingerprint density at radius 3 is 2.39 bits per heavy atom. The first kappa shape index (κ1) is 21.3. The summed E-state index contributed by atoms with van der Waals surface area (Å²) in [7, 11) is 1.99. The maximum atomic E-state index is 13.1. The molecule has 1 N–H and O–H groups in total. The Bertz CT molecular complexity index is 1340. The van der Waals surface area contributed by atoms with Crippen molar-refractivity contribution in [2.24, 2.45) is 7.05 Å². The van der Waals surface area contributed by atoms with Gasteiger partial charge < -0.3 is 14.6 Å². The summed E-state index contributed by atoms with van der Waals surface area (Å²) in [4.78, 5) is 19.2. The fourth-order valence-corrected chi connectivity index (χ4v) is 4.09. The molecule has 1 atom stereocenters. The van der Waals surface area contributed by atoms with Crippen LogP contribution in [0.25, 0.3) is 16.9 Å². The molecule has 5 rings (SSSR count). The number of aryl methyl sites for hydroxylation is 3. The monoisotopic (exact) mass is 458 g/mol. The summed E-state index contributed by atoms with van der Waals surface area (Å²) in [5.41, 5.74) is 1.99. The normalized spacial score (nSPS) is 15.8. The average molecular weight is 458 g/mol. The maximum Gasteiger partial charge on any atom is 0.421 e. The Kier molecular flexibility index (Phi) is 4.85. The molecular formula is C21H21F3N8O. The predicted octanol–water partition coefficient (Wildman–Crippen LogP) is 2.76. The van der Waals surface area contributed by atoms with Crippen LogP contribution in [0.4, 0.5) is 19.0 Å². The van der Waals surface area contributed by atoms with Gasteiger partial charge in [0, 0.05) is 26.2 Å². The highest BCUT2D eigenvalue weighted by molar-refractivity contribution is 5.76. The molecule has 1 aliphatic heterocycles. The Balaban J connectivity index is 1.43. The minimum absolute atomic E-state index is 0.0944. The zero-order chi connectivity index (χ0) is 23.5. The Morgan fingerprint density at radius 2 is 1.70 bits per heavy atom. The number of imidazole rings is 1. The fraction of sp³-hybridized carbons (Fsp3) is 0.381. The molecular weight excluding hydrogens is 437 g/mol. The van der Waals surface area contributed by atoms with Crippen LogP contribution in [-0.2, 0) is 7.05 Å². The highest BCUT2D eigenvalue weighted by Crippen LogP contribution is 2.34. The van der Waals surface area contributed by atoms with E-state index in [0.29, 0.717) is 24.7 Å². The highest BCUT2D eigenvalue weighted by Gasteiger charge is 2.43. The number of nitrogens with zero attached hydrogens (tertiary/aromatic N) is 8. The molecule has 4 aromatic rings. The molecule has 4 heterocycles. The Morgan fingerprint density at radius 1 is 1.00 bits per heavy atom. The number of benzene rings is 1. The number of aliphatic hydroxyl groups is 1. The quantitative estimate of drug-likeness (QED) is 0.502. The molecule has 0 bridgehead atoms. The van der Waals surface area contributed by atoms with E-state index < -0.39 is 18.1 Å². The third kappa shape index (κ3) is 3.69. The third-order valence-corrected chi connectivity index (χ3v) is 5.71. The lowest BCUT2D eigenvalue weighted by molar-refractivity contribution is -0.209. The van der Waals surface area contributed by atoms with Gasteiger partial charge in [0.2, 0.25) is 6.10 Å². The minimum Gasteiger partial charge on any atom is -0.377 e. The van der Waals surface area contributed by atoms with Crippen molar-refractivity contribution in [3.8, 4) is 5.82 Å². The van der Waals surface area contributed by atoms with Gasteiger partial charge in [-0.25, -0.2) is 19.9 Å². The highest BCUT2D eigenvalue weighted by atomic mass is 19.4. The first-order chi connectivity index (χ1) is 15.6. The lowest BCUT2D eigenvalue weighted by Gasteiger charge is -2.39. The van der Waals surface area contributed by atoms with Crippen molar-refractivity contribution in [2.75, 3.05) is 18.0 Å². The minimum atomic E-state index is -4.88. The second-order valence-electron chi connectivity index (χ2n) is 8.12. The Labute approximate surface area is 186 Å². The molecule has 12 heteroatoms. The molecule has 0 spiro atoms. The van der Waals surface area contributed by atoms with Gasteiger partial charge in [-0.1, -0.05) is 12.1 Å². The van der Waals surface area contributed by atoms with Crippen molar-refractivity contribution in [1.29, 1.82) is 0 Å². The van der Waals surface area contributed by atoms with Crippen LogP contribution in [0, 0.1) is 13.8 Å². The zero-order valence-electron chi connectivity index (χ0n) is 18.1. The van der Waals surface area contributed by atoms with E-state index in [0.717, 1.165) is 21.5 Å². The second kappa shape index (κ2) is 7.51. The standard InChI is InChI=1S/C21H21F3N8O/c1-11-25-16(8-17(26-11)32-20(27-12(2)29-32)18(33)21(22,23)24)31-9-13(10-31)19-28-14-6-4-5-7-15(14)30(19)3/h4-8,13,18,33H,9-10H2,1-3H3. The van der Waals surface area contributed by atoms with Crippen molar-refractivity contribution in [3.05, 3.63) is 53.6 Å². The molecule has 0 aliphatic carbocycles. The van der Waals surface area contributed by atoms with E-state index >= 15 is 0 Å². The van der Waals surface area contributed by atoms with Gasteiger partial charge in [0.15, 0.2) is 11.6 Å². The van der Waals surface area contributed by atoms with E-state index in [4.69, 9.17) is 4.98 Å². The van der Waals surface area contributed by atoms with Gasteiger partial charge in [0.1, 0.15) is 23.3 Å². The summed E-state index contributed by atoms with van der Waals surface area (Å²) in [5, 5.41) is 13.8. The van der Waals surface area contributed by atoms with Crippen LogP contribution < -0.4 is 4.90 Å². The molecule has 0 amide bonds. The second-order valence-corrected chi connectivity index (χ2v) is 8.12. The van der Waals surface area contributed by atoms with E-state index in [9.17, 15) is 18.3 Å². The number of fused-ring (bicyclic) bond motifs is 1. The van der Waals surface area contributed by atoms with Gasteiger partial charge in [0.05, 0.1) is 17.0 Å². The largest absolute Gasteiger partial charge is 0.421 e. The molecule has 172 valence electrons. The lowest BCUT2D eigenvalue weighted by Crippen LogP contribution is -2.46. The van der Waals surface area contributed by atoms with Crippen molar-refractivity contribution < 1.29 is 18.3 Å². The fourth-order valence-electron chi connectivity index (χ4n) is 4.09. The van der Waals surface area contributed by atoms with Crippen LogP contribution >= 0.6 is 0 Å². The predicted molar refractivity (Wildman–Crippen MR) is 113 cm³/mol. The molecule has 1 aliphatic rings. The summed E-state index contributed by atoms with van der Waals surface area (Å²) >= 11 is 0. The van der Waals surface area contributed by atoms with E-state index in [1.807, 2.05) is 36.2 Å². The smallest absolute Gasteiger partial charge is 0.377 e. The molecule has 1 fully saturated rings. The maximum absolute atomic E-state index is 13.1. The number of aromatic nitrogens is 7. The number of halogens is 3. The van der Waals surface area contributed by atoms with Crippen molar-refractivity contribution in [2.45, 2.75) is 32.0 Å². The summed E-state index contributed by atoms with van der Waals surface area (Å²) in [6.07, 6.45) is -7.65. The van der Waals surface area contributed by atoms with Gasteiger partial charge in [-0.3, -0.25) is 0 Å². The van der Waals surface area contributed by atoms with Crippen LogP contribution in [0.15, 0.2) is 30.3 Å². The zero-order valence-corrected chi connectivity index (χ0v) is 18.1. The van der Waals surface area contributed by atoms with Gasteiger partial charge in [-0.15, -0.1) is 5.10 Å². The van der Waals surface area contributed by atoms with Crippen molar-refractivity contribution in [1.82, 2.24) is 34.3 Å². The van der Waals surface area contributed by atoms with Gasteiger partial charge in [-0.05, 0) is 26.0 Å². The lowest BCUT2D eigenvalue weighted by atomic mass is 9.99. The Hall–Kier alpha value is -3.54. The van der Waals surface area contributed by atoms with E-state index in [-0.39, 0.29) is 17.6 Å². The molecule has 0 saturated carbocycles. The molecule has 33 heavy (non-hydrogen) atoms. The van der Waals surface area contributed by atoms with Crippen LogP contribution in [0.1, 0.15) is 35.3 Å². The summed E-state index contributed by atoms with van der Waals surface area (Å²) in [5.74, 6) is 1.67. The van der Waals surface area contributed by atoms with E-state index in [1.54, 1.807) is 13.0 Å². The van der Waals surface area contributed by atoms with Crippen LogP contribution in [0.5, 0.6) is 0 Å². The molecule has 3 aromatic heterocycles. The first-order valence-corrected chi connectivity index (χ1v) is 10.3. The summed E-state index contributed by atoms with van der Waals surface area (Å²) < 4.78 is 42.4. The number of para-hydroxylation sites is 2. The SMILES string of the molecule is Cc1nc(N2CC(c3nc4ccccc4n3C)C2)cc(-n2nc(C)nc2C(O)C(F)(F)F)n1. The van der Waals surface area contributed by atoms with Crippen LogP contribution in [0.3, 0.4) is 0 Å². The number of hydrogen-bond donors (Lipinski definition) is 1. The molecule has 9 nitrogen and oxygen atoms in total. The van der Waals surface area contributed by atoms with Crippen molar-refractivity contribution in [3.63, 3.8) is 0 Å². The number of anilines is 1. The number of hydrogen-bond acceptors (Lipinski definition) is 7. The van der Waals surface area contributed by atoms with E-state index in [1.165, 1.54) is 6.92 Å². The summed E-state index contributed by atoms with van der Waals surface area (Å²) in [6.45, 7) is 4.41. The van der Waals surface area contributed by atoms with Crippen molar-refractivity contribution >= 4 is 16.9 Å².